The van der Waals surface area contributed by atoms with E-state index >= 15 is 0 Å². The smallest absolute Gasteiger partial charge is 0.348 e. The van der Waals surface area contributed by atoms with E-state index in [2.05, 4.69) is 47.1 Å². The van der Waals surface area contributed by atoms with Crippen molar-refractivity contribution < 1.29 is 9.53 Å². The molecule has 0 atom stereocenters. The summed E-state index contributed by atoms with van der Waals surface area (Å²) in [4.78, 5) is 34.9. The lowest BCUT2D eigenvalue weighted by atomic mass is 9.99. The molecule has 1 heterocycles. The summed E-state index contributed by atoms with van der Waals surface area (Å²) in [7, 11) is 6.03. The normalized spacial score (nSPS) is 11.3. The molecule has 1 amide bonds. The Morgan fingerprint density at radius 3 is 2.51 bits per heavy atom. The standard InChI is InChI=1S/C35H41N5O3/c1-7-20-43-30-16-17-32-31(22-30)34(28-14-12-27(13-15-28)25(2)3)37-35(42)40(32)23-26-10-8-11-29(21-26)36-33(41)24-39(6)19-9-18-38(4)5/h1,8,10-17,21-22,25H,9,18-20,23-24H2,2-6H3,(H,36,41). The molecule has 0 aliphatic heterocycles. The fraction of sp³-hybridized carbons (Fsp3) is 0.343. The number of rotatable bonds is 13. The topological polar surface area (TPSA) is 79.7 Å². The first-order valence-electron chi connectivity index (χ1n) is 14.6. The number of fused-ring (bicyclic) bond motifs is 1. The molecule has 4 rings (SSSR count). The first-order valence-corrected chi connectivity index (χ1v) is 14.6. The van der Waals surface area contributed by atoms with Gasteiger partial charge in [-0.2, -0.15) is 4.98 Å². The average Bonchev–Trinajstić information content (AvgIpc) is 2.97. The molecule has 0 aliphatic rings. The number of hydrogen-bond acceptors (Lipinski definition) is 6. The van der Waals surface area contributed by atoms with Gasteiger partial charge in [-0.3, -0.25) is 14.3 Å². The largest absolute Gasteiger partial charge is 0.481 e. The summed E-state index contributed by atoms with van der Waals surface area (Å²) in [5, 5.41) is 3.78. The molecule has 0 aliphatic carbocycles. The van der Waals surface area contributed by atoms with Gasteiger partial charge >= 0.3 is 5.69 Å². The maximum absolute atomic E-state index is 13.5. The predicted molar refractivity (Wildman–Crippen MR) is 175 cm³/mol. The molecule has 3 aromatic carbocycles. The molecule has 0 radical (unpaired) electrons. The van der Waals surface area contributed by atoms with Gasteiger partial charge in [0.15, 0.2) is 0 Å². The molecular formula is C35H41N5O3. The minimum absolute atomic E-state index is 0.0823. The molecule has 4 aromatic rings. The molecule has 0 bridgehead atoms. The number of benzene rings is 3. The third-order valence-electron chi connectivity index (χ3n) is 7.24. The highest BCUT2D eigenvalue weighted by atomic mass is 16.5. The number of likely N-dealkylation sites (N-methyl/N-ethyl adjacent to an activating group) is 1. The maximum atomic E-state index is 13.5. The highest BCUT2D eigenvalue weighted by Gasteiger charge is 2.15. The minimum Gasteiger partial charge on any atom is -0.481 e. The van der Waals surface area contributed by atoms with Gasteiger partial charge in [-0.15, -0.1) is 6.42 Å². The van der Waals surface area contributed by atoms with E-state index in [-0.39, 0.29) is 24.7 Å². The second-order valence-corrected chi connectivity index (χ2v) is 11.4. The Bertz CT molecular complexity index is 1650. The van der Waals surface area contributed by atoms with Crippen molar-refractivity contribution in [1.82, 2.24) is 19.4 Å². The second-order valence-electron chi connectivity index (χ2n) is 11.4. The van der Waals surface area contributed by atoms with Crippen LogP contribution in [0.25, 0.3) is 22.2 Å². The first kappa shape index (κ1) is 31.5. The molecule has 224 valence electrons. The van der Waals surface area contributed by atoms with Crippen LogP contribution in [0.5, 0.6) is 5.75 Å². The molecule has 43 heavy (non-hydrogen) atoms. The van der Waals surface area contributed by atoms with Gasteiger partial charge < -0.3 is 15.0 Å². The number of ether oxygens (including phenoxy) is 1. The zero-order valence-electron chi connectivity index (χ0n) is 25.8. The van der Waals surface area contributed by atoms with Crippen molar-refractivity contribution in [2.45, 2.75) is 32.7 Å². The zero-order chi connectivity index (χ0) is 30.9. The molecule has 0 saturated carbocycles. The summed E-state index contributed by atoms with van der Waals surface area (Å²) in [6.45, 7) is 6.82. The van der Waals surface area contributed by atoms with Crippen molar-refractivity contribution in [3.8, 4) is 29.4 Å². The fourth-order valence-corrected chi connectivity index (χ4v) is 4.98. The number of carbonyl (C=O) groups is 1. The van der Waals surface area contributed by atoms with Crippen molar-refractivity contribution in [1.29, 1.82) is 0 Å². The van der Waals surface area contributed by atoms with Gasteiger partial charge in [0.1, 0.15) is 12.4 Å². The molecule has 8 heteroatoms. The van der Waals surface area contributed by atoms with E-state index in [1.807, 2.05) is 80.6 Å². The van der Waals surface area contributed by atoms with Crippen LogP contribution in [0.1, 0.15) is 37.3 Å². The van der Waals surface area contributed by atoms with Crippen molar-refractivity contribution >= 4 is 22.5 Å². The number of nitrogens with zero attached hydrogens (tertiary/aromatic N) is 4. The number of aromatic nitrogens is 2. The van der Waals surface area contributed by atoms with Crippen LogP contribution in [-0.4, -0.2) is 72.6 Å². The van der Waals surface area contributed by atoms with Crippen molar-refractivity contribution in [3.63, 3.8) is 0 Å². The fourth-order valence-electron chi connectivity index (χ4n) is 4.98. The lowest BCUT2D eigenvalue weighted by Gasteiger charge is -2.18. The van der Waals surface area contributed by atoms with Crippen LogP contribution in [0.3, 0.4) is 0 Å². The van der Waals surface area contributed by atoms with E-state index in [0.29, 0.717) is 29.6 Å². The molecule has 0 fully saturated rings. The van der Waals surface area contributed by atoms with E-state index in [1.54, 1.807) is 4.57 Å². The summed E-state index contributed by atoms with van der Waals surface area (Å²) in [5.74, 6) is 3.41. The average molecular weight is 580 g/mol. The molecule has 1 aromatic heterocycles. The van der Waals surface area contributed by atoms with Crippen LogP contribution in [0.4, 0.5) is 5.69 Å². The van der Waals surface area contributed by atoms with Crippen molar-refractivity contribution in [2.75, 3.05) is 52.7 Å². The lowest BCUT2D eigenvalue weighted by Crippen LogP contribution is -2.32. The van der Waals surface area contributed by atoms with Gasteiger partial charge in [-0.25, -0.2) is 4.79 Å². The van der Waals surface area contributed by atoms with E-state index in [9.17, 15) is 9.59 Å². The minimum atomic E-state index is -0.360. The number of nitrogens with one attached hydrogen (secondary N) is 1. The van der Waals surface area contributed by atoms with Crippen LogP contribution < -0.4 is 15.7 Å². The van der Waals surface area contributed by atoms with Crippen LogP contribution >= 0.6 is 0 Å². The van der Waals surface area contributed by atoms with Gasteiger partial charge in [-0.1, -0.05) is 56.2 Å². The third kappa shape index (κ3) is 8.54. The lowest BCUT2D eigenvalue weighted by molar-refractivity contribution is -0.117. The van der Waals surface area contributed by atoms with Crippen LogP contribution in [0.15, 0.2) is 71.5 Å². The summed E-state index contributed by atoms with van der Waals surface area (Å²) in [6, 6.07) is 21.3. The highest BCUT2D eigenvalue weighted by molar-refractivity contribution is 5.94. The third-order valence-corrected chi connectivity index (χ3v) is 7.24. The molecule has 1 N–H and O–H groups in total. The van der Waals surface area contributed by atoms with Gasteiger partial charge in [-0.05, 0) is 88.0 Å². The SMILES string of the molecule is C#CCOc1ccc2c(c1)c(-c1ccc(C(C)C)cc1)nc(=O)n2Cc1cccc(NC(=O)CN(C)CCCN(C)C)c1. The van der Waals surface area contributed by atoms with E-state index in [4.69, 9.17) is 11.2 Å². The van der Waals surface area contributed by atoms with E-state index in [1.165, 1.54) is 5.56 Å². The second kappa shape index (κ2) is 14.6. The Hall–Kier alpha value is -4.45. The van der Waals surface area contributed by atoms with Crippen LogP contribution in [0.2, 0.25) is 0 Å². The summed E-state index contributed by atoms with van der Waals surface area (Å²) in [6.07, 6.45) is 6.40. The monoisotopic (exact) mass is 579 g/mol. The van der Waals surface area contributed by atoms with Gasteiger partial charge in [0, 0.05) is 16.6 Å². The summed E-state index contributed by atoms with van der Waals surface area (Å²) >= 11 is 0. The Kier molecular flexibility index (Phi) is 10.7. The maximum Gasteiger partial charge on any atom is 0.348 e. The number of anilines is 1. The van der Waals surface area contributed by atoms with Gasteiger partial charge in [0.2, 0.25) is 5.91 Å². The summed E-state index contributed by atoms with van der Waals surface area (Å²) in [5.41, 5.74) is 4.57. The number of amides is 1. The number of hydrogen-bond donors (Lipinski definition) is 1. The molecule has 0 spiro atoms. The summed E-state index contributed by atoms with van der Waals surface area (Å²) < 4.78 is 7.35. The molecular weight excluding hydrogens is 538 g/mol. The predicted octanol–water partition coefficient (Wildman–Crippen LogP) is 5.07. The zero-order valence-corrected chi connectivity index (χ0v) is 25.8. The van der Waals surface area contributed by atoms with Crippen molar-refractivity contribution in [3.05, 3.63) is 88.3 Å². The highest BCUT2D eigenvalue weighted by Crippen LogP contribution is 2.30. The van der Waals surface area contributed by atoms with Gasteiger partial charge in [0.25, 0.3) is 0 Å². The van der Waals surface area contributed by atoms with Crippen molar-refractivity contribution in [2.24, 2.45) is 0 Å². The van der Waals surface area contributed by atoms with Crippen LogP contribution in [-0.2, 0) is 11.3 Å². The Morgan fingerprint density at radius 1 is 1.05 bits per heavy atom. The quantitative estimate of drug-likeness (QED) is 0.223. The molecule has 8 nitrogen and oxygen atoms in total. The Labute approximate surface area is 254 Å². The number of terminal acetylenes is 1. The molecule has 0 saturated heterocycles. The Morgan fingerprint density at radius 2 is 1.81 bits per heavy atom. The van der Waals surface area contributed by atoms with E-state index in [0.717, 1.165) is 41.5 Å². The van der Waals surface area contributed by atoms with Gasteiger partial charge in [0.05, 0.1) is 24.3 Å². The number of carbonyl (C=O) groups excluding carboxylic acids is 1. The van der Waals surface area contributed by atoms with E-state index < -0.39 is 0 Å². The Balaban J connectivity index is 1.61. The van der Waals surface area contributed by atoms with Crippen LogP contribution in [0, 0.1) is 12.3 Å². The molecule has 0 unspecified atom stereocenters. The first-order chi connectivity index (χ1) is 20.6.